The molecule has 0 bridgehead atoms. The zero-order chi connectivity index (χ0) is 12.3. The van der Waals surface area contributed by atoms with E-state index in [2.05, 4.69) is 4.98 Å². The van der Waals surface area contributed by atoms with Gasteiger partial charge in [0, 0.05) is 24.8 Å². The molecule has 0 aromatic carbocycles. The molecule has 1 aliphatic heterocycles. The lowest BCUT2D eigenvalue weighted by Gasteiger charge is -2.30. The Morgan fingerprint density at radius 3 is 3.18 bits per heavy atom. The number of rotatable bonds is 2. The molecule has 0 spiro atoms. The Kier molecular flexibility index (Phi) is 4.02. The Balaban J connectivity index is 2.12. The van der Waals surface area contributed by atoms with Crippen LogP contribution in [0.2, 0.25) is 0 Å². The largest absolute Gasteiger partial charge is 0.391 e. The first-order valence-electron chi connectivity index (χ1n) is 5.68. The highest BCUT2D eigenvalue weighted by atomic mass is 32.2. The number of piperidine rings is 1. The first-order valence-corrected chi connectivity index (χ1v) is 6.90. The van der Waals surface area contributed by atoms with E-state index in [1.54, 1.807) is 23.2 Å². The van der Waals surface area contributed by atoms with Crippen LogP contribution in [0.15, 0.2) is 23.4 Å². The minimum absolute atomic E-state index is 0.0125. The average Bonchev–Trinajstić information content (AvgIpc) is 2.38. The van der Waals surface area contributed by atoms with E-state index < -0.39 is 0 Å². The first-order chi connectivity index (χ1) is 8.20. The minimum Gasteiger partial charge on any atom is -0.391 e. The summed E-state index contributed by atoms with van der Waals surface area (Å²) in [6.07, 6.45) is 4.86. The van der Waals surface area contributed by atoms with Gasteiger partial charge in [0.15, 0.2) is 0 Å². The van der Waals surface area contributed by atoms with E-state index in [0.717, 1.165) is 24.4 Å². The number of aliphatic hydroxyl groups is 1. The van der Waals surface area contributed by atoms with Gasteiger partial charge >= 0.3 is 0 Å². The number of β-amino-alcohol motifs (C(OH)–C–C–N with tert-alkyl or cyclic N) is 1. The summed E-state index contributed by atoms with van der Waals surface area (Å²) in [5.74, 6) is -0.0125. The predicted molar refractivity (Wildman–Crippen MR) is 67.2 cm³/mol. The lowest BCUT2D eigenvalue weighted by atomic mass is 10.1. The first kappa shape index (κ1) is 12.4. The Morgan fingerprint density at radius 1 is 1.65 bits per heavy atom. The number of likely N-dealkylation sites (tertiary alicyclic amines) is 1. The summed E-state index contributed by atoms with van der Waals surface area (Å²) in [4.78, 5) is 18.1. The SMILES string of the molecule is CSc1cc(C(=O)N2CCCC(O)C2)ccn1. The molecule has 0 radical (unpaired) electrons. The van der Waals surface area contributed by atoms with Crippen LogP contribution in [0.25, 0.3) is 0 Å². The number of amides is 1. The maximum atomic E-state index is 12.2. The van der Waals surface area contributed by atoms with Crippen LogP contribution < -0.4 is 0 Å². The molecule has 1 aromatic heterocycles. The van der Waals surface area contributed by atoms with Crippen molar-refractivity contribution in [1.29, 1.82) is 0 Å². The van der Waals surface area contributed by atoms with Gasteiger partial charge in [-0.3, -0.25) is 4.79 Å². The molecule has 2 rings (SSSR count). The van der Waals surface area contributed by atoms with Crippen molar-refractivity contribution in [3.63, 3.8) is 0 Å². The number of carbonyl (C=O) groups excluding carboxylic acids is 1. The fourth-order valence-electron chi connectivity index (χ4n) is 1.98. The lowest BCUT2D eigenvalue weighted by molar-refractivity contribution is 0.0473. The molecule has 92 valence electrons. The van der Waals surface area contributed by atoms with Crippen LogP contribution >= 0.6 is 11.8 Å². The van der Waals surface area contributed by atoms with Gasteiger partial charge in [0.05, 0.1) is 11.1 Å². The fraction of sp³-hybridized carbons (Fsp3) is 0.500. The summed E-state index contributed by atoms with van der Waals surface area (Å²) in [7, 11) is 0. The number of carbonyl (C=O) groups is 1. The van der Waals surface area contributed by atoms with Gasteiger partial charge in [-0.2, -0.15) is 0 Å². The molecule has 4 nitrogen and oxygen atoms in total. The molecule has 0 aliphatic carbocycles. The van der Waals surface area contributed by atoms with Crippen LogP contribution in [0.1, 0.15) is 23.2 Å². The van der Waals surface area contributed by atoms with E-state index >= 15 is 0 Å². The van der Waals surface area contributed by atoms with Crippen molar-refractivity contribution in [2.45, 2.75) is 24.0 Å². The van der Waals surface area contributed by atoms with Crippen LogP contribution in [0.4, 0.5) is 0 Å². The van der Waals surface area contributed by atoms with Crippen molar-refractivity contribution < 1.29 is 9.90 Å². The van der Waals surface area contributed by atoms with Crippen LogP contribution in [0, 0.1) is 0 Å². The van der Waals surface area contributed by atoms with Gasteiger partial charge in [-0.1, -0.05) is 0 Å². The van der Waals surface area contributed by atoms with E-state index in [-0.39, 0.29) is 12.0 Å². The summed E-state index contributed by atoms with van der Waals surface area (Å²) in [6, 6.07) is 3.52. The van der Waals surface area contributed by atoms with Gasteiger partial charge in [0.25, 0.3) is 5.91 Å². The highest BCUT2D eigenvalue weighted by Crippen LogP contribution is 2.17. The van der Waals surface area contributed by atoms with E-state index in [1.165, 1.54) is 11.8 Å². The number of hydrogen-bond acceptors (Lipinski definition) is 4. The van der Waals surface area contributed by atoms with Crippen molar-refractivity contribution in [1.82, 2.24) is 9.88 Å². The maximum Gasteiger partial charge on any atom is 0.254 e. The molecule has 1 amide bonds. The second-order valence-corrected chi connectivity index (χ2v) is 4.96. The van der Waals surface area contributed by atoms with Crippen molar-refractivity contribution in [2.75, 3.05) is 19.3 Å². The molecule has 2 heterocycles. The third-order valence-electron chi connectivity index (χ3n) is 2.87. The number of hydrogen-bond donors (Lipinski definition) is 1. The van der Waals surface area contributed by atoms with Gasteiger partial charge < -0.3 is 10.0 Å². The molecular formula is C12H16N2O2S. The molecule has 17 heavy (non-hydrogen) atoms. The lowest BCUT2D eigenvalue weighted by Crippen LogP contribution is -2.42. The van der Waals surface area contributed by atoms with Crippen molar-refractivity contribution in [3.05, 3.63) is 23.9 Å². The van der Waals surface area contributed by atoms with Crippen LogP contribution in [-0.2, 0) is 0 Å². The Hall–Kier alpha value is -1.07. The Bertz CT molecular complexity index is 411. The number of thioether (sulfide) groups is 1. The summed E-state index contributed by atoms with van der Waals surface area (Å²) in [6.45, 7) is 1.17. The summed E-state index contributed by atoms with van der Waals surface area (Å²) in [5, 5.41) is 10.4. The summed E-state index contributed by atoms with van der Waals surface area (Å²) >= 11 is 1.52. The zero-order valence-corrected chi connectivity index (χ0v) is 10.6. The van der Waals surface area contributed by atoms with Crippen molar-refractivity contribution in [2.24, 2.45) is 0 Å². The predicted octanol–water partition coefficient (Wildman–Crippen LogP) is 1.40. The fourth-order valence-corrected chi connectivity index (χ4v) is 2.39. The molecular weight excluding hydrogens is 236 g/mol. The van der Waals surface area contributed by atoms with Crippen LogP contribution in [-0.4, -0.2) is 46.3 Å². The van der Waals surface area contributed by atoms with Crippen LogP contribution in [0.5, 0.6) is 0 Å². The van der Waals surface area contributed by atoms with E-state index in [1.807, 2.05) is 6.26 Å². The topological polar surface area (TPSA) is 53.4 Å². The third kappa shape index (κ3) is 2.98. The number of pyridine rings is 1. The van der Waals surface area contributed by atoms with Crippen LogP contribution in [0.3, 0.4) is 0 Å². The van der Waals surface area contributed by atoms with E-state index in [4.69, 9.17) is 0 Å². The second kappa shape index (κ2) is 5.51. The number of aliphatic hydroxyl groups excluding tert-OH is 1. The Morgan fingerprint density at radius 2 is 2.47 bits per heavy atom. The molecule has 1 unspecified atom stereocenters. The molecule has 0 saturated carbocycles. The van der Waals surface area contributed by atoms with Gasteiger partial charge in [-0.25, -0.2) is 4.98 Å². The highest BCUT2D eigenvalue weighted by molar-refractivity contribution is 7.98. The number of aromatic nitrogens is 1. The normalized spacial score (nSPS) is 20.4. The van der Waals surface area contributed by atoms with Gasteiger partial charge in [0.1, 0.15) is 0 Å². The van der Waals surface area contributed by atoms with Crippen molar-refractivity contribution >= 4 is 17.7 Å². The highest BCUT2D eigenvalue weighted by Gasteiger charge is 2.23. The smallest absolute Gasteiger partial charge is 0.254 e. The monoisotopic (exact) mass is 252 g/mol. The molecule has 1 fully saturated rings. The maximum absolute atomic E-state index is 12.2. The van der Waals surface area contributed by atoms with Crippen molar-refractivity contribution in [3.8, 4) is 0 Å². The minimum atomic E-state index is -0.380. The van der Waals surface area contributed by atoms with Gasteiger partial charge in [0.2, 0.25) is 0 Å². The van der Waals surface area contributed by atoms with Gasteiger partial charge in [-0.05, 0) is 31.2 Å². The molecule has 5 heteroatoms. The zero-order valence-electron chi connectivity index (χ0n) is 9.80. The Labute approximate surface area is 105 Å². The number of nitrogens with zero attached hydrogens (tertiary/aromatic N) is 2. The second-order valence-electron chi connectivity index (χ2n) is 4.13. The van der Waals surface area contributed by atoms with E-state index in [0.29, 0.717) is 12.1 Å². The molecule has 1 aromatic rings. The molecule has 1 N–H and O–H groups in total. The average molecular weight is 252 g/mol. The third-order valence-corrected chi connectivity index (χ3v) is 3.52. The summed E-state index contributed by atoms with van der Waals surface area (Å²) in [5.41, 5.74) is 0.651. The molecule has 1 atom stereocenters. The molecule has 1 saturated heterocycles. The standard InChI is InChI=1S/C12H16N2O2S/c1-17-11-7-9(4-5-13-11)12(16)14-6-2-3-10(15)8-14/h4-5,7,10,15H,2-3,6,8H2,1H3. The van der Waals surface area contributed by atoms with Gasteiger partial charge in [-0.15, -0.1) is 11.8 Å². The molecule has 1 aliphatic rings. The quantitative estimate of drug-likeness (QED) is 0.808. The summed E-state index contributed by atoms with van der Waals surface area (Å²) < 4.78 is 0. The van der Waals surface area contributed by atoms with E-state index in [9.17, 15) is 9.90 Å².